The molecule has 0 saturated heterocycles. The minimum atomic E-state index is 0.516. The Kier molecular flexibility index (Phi) is 6.18. The highest BCUT2D eigenvalue weighted by molar-refractivity contribution is 7.98. The number of benzene rings is 2. The molecule has 0 aliphatic heterocycles. The van der Waals surface area contributed by atoms with Crippen LogP contribution < -0.4 is 9.47 Å². The van der Waals surface area contributed by atoms with Gasteiger partial charge in [0, 0.05) is 11.1 Å². The Hall–Kier alpha value is -3.39. The molecule has 158 valence electrons. The predicted molar refractivity (Wildman–Crippen MR) is 119 cm³/mol. The van der Waals surface area contributed by atoms with Crippen LogP contribution in [0.15, 0.2) is 58.1 Å². The first-order chi connectivity index (χ1) is 15.1. The van der Waals surface area contributed by atoms with Crippen molar-refractivity contribution in [1.82, 2.24) is 20.3 Å². The lowest BCUT2D eigenvalue weighted by molar-refractivity contribution is 0.355. The second-order valence-corrected chi connectivity index (χ2v) is 7.92. The number of ether oxygens (including phenoxy) is 2. The summed E-state index contributed by atoms with van der Waals surface area (Å²) in [5.74, 6) is 2.97. The SMILES string of the molecule is COc1ccc(-c2ccc(SCc3nc(-c4ccc(C)c(C)c4)no3)nn2)cc1OC. The zero-order valence-electron chi connectivity index (χ0n) is 17.7. The smallest absolute Gasteiger partial charge is 0.237 e. The number of hydrogen-bond acceptors (Lipinski definition) is 8. The van der Waals surface area contributed by atoms with Crippen molar-refractivity contribution in [1.29, 1.82) is 0 Å². The van der Waals surface area contributed by atoms with Gasteiger partial charge in [-0.15, -0.1) is 10.2 Å². The molecule has 8 heteroatoms. The molecule has 2 heterocycles. The molecule has 0 N–H and O–H groups in total. The largest absolute Gasteiger partial charge is 0.493 e. The van der Waals surface area contributed by atoms with Crippen LogP contribution in [0.1, 0.15) is 17.0 Å². The first kappa shape index (κ1) is 20.9. The Morgan fingerprint density at radius 3 is 2.35 bits per heavy atom. The molecule has 0 atom stereocenters. The van der Waals surface area contributed by atoms with Crippen LogP contribution in [0.2, 0.25) is 0 Å². The molecule has 2 aromatic heterocycles. The number of aryl methyl sites for hydroxylation is 2. The molecular formula is C23H22N4O3S. The average Bonchev–Trinajstić information content (AvgIpc) is 3.28. The van der Waals surface area contributed by atoms with E-state index in [9.17, 15) is 0 Å². The van der Waals surface area contributed by atoms with Crippen molar-refractivity contribution in [2.75, 3.05) is 14.2 Å². The van der Waals surface area contributed by atoms with E-state index in [0.29, 0.717) is 29.0 Å². The third-order valence-corrected chi connectivity index (χ3v) is 5.80. The molecule has 0 saturated carbocycles. The third-order valence-electron chi connectivity index (χ3n) is 4.90. The van der Waals surface area contributed by atoms with Gasteiger partial charge >= 0.3 is 0 Å². The summed E-state index contributed by atoms with van der Waals surface area (Å²) < 4.78 is 16.0. The van der Waals surface area contributed by atoms with Crippen LogP contribution in [0.5, 0.6) is 11.5 Å². The lowest BCUT2D eigenvalue weighted by Crippen LogP contribution is -1.93. The van der Waals surface area contributed by atoms with Gasteiger partial charge in [0.1, 0.15) is 5.03 Å². The Labute approximate surface area is 184 Å². The summed E-state index contributed by atoms with van der Waals surface area (Å²) in [6.45, 7) is 4.15. The lowest BCUT2D eigenvalue weighted by atomic mass is 10.1. The Bertz CT molecular complexity index is 1190. The number of nitrogens with zero attached hydrogens (tertiary/aromatic N) is 4. The zero-order valence-corrected chi connectivity index (χ0v) is 18.6. The van der Waals surface area contributed by atoms with E-state index in [-0.39, 0.29) is 0 Å². The van der Waals surface area contributed by atoms with Crippen LogP contribution in [-0.4, -0.2) is 34.6 Å². The van der Waals surface area contributed by atoms with Crippen molar-refractivity contribution in [2.24, 2.45) is 0 Å². The van der Waals surface area contributed by atoms with Gasteiger partial charge in [0.25, 0.3) is 0 Å². The van der Waals surface area contributed by atoms with Crippen LogP contribution in [-0.2, 0) is 5.75 Å². The van der Waals surface area contributed by atoms with Crippen molar-refractivity contribution in [3.05, 3.63) is 65.5 Å². The van der Waals surface area contributed by atoms with Crippen molar-refractivity contribution in [3.8, 4) is 34.1 Å². The number of rotatable bonds is 7. The maximum Gasteiger partial charge on any atom is 0.237 e. The molecule has 0 unspecified atom stereocenters. The summed E-state index contributed by atoms with van der Waals surface area (Å²) in [5.41, 5.74) is 5.03. The van der Waals surface area contributed by atoms with Crippen molar-refractivity contribution < 1.29 is 14.0 Å². The van der Waals surface area contributed by atoms with E-state index in [1.807, 2.05) is 36.4 Å². The topological polar surface area (TPSA) is 83.2 Å². The van der Waals surface area contributed by atoms with Gasteiger partial charge in [0.2, 0.25) is 11.7 Å². The summed E-state index contributed by atoms with van der Waals surface area (Å²) in [5, 5.41) is 13.5. The standard InChI is InChI=1S/C23H22N4O3S/c1-14-5-6-17(11-15(14)2)23-24-21(30-27-23)13-31-22-10-8-18(25-26-22)16-7-9-19(28-3)20(12-16)29-4/h5-12H,13H2,1-4H3. The van der Waals surface area contributed by atoms with E-state index >= 15 is 0 Å². The van der Waals surface area contributed by atoms with Crippen LogP contribution in [0.4, 0.5) is 0 Å². The van der Waals surface area contributed by atoms with Crippen LogP contribution >= 0.6 is 11.8 Å². The highest BCUT2D eigenvalue weighted by Crippen LogP contribution is 2.32. The van der Waals surface area contributed by atoms with E-state index < -0.39 is 0 Å². The number of methoxy groups -OCH3 is 2. The summed E-state index contributed by atoms with van der Waals surface area (Å²) >= 11 is 1.49. The average molecular weight is 435 g/mol. The van der Waals surface area contributed by atoms with Crippen molar-refractivity contribution in [3.63, 3.8) is 0 Å². The second kappa shape index (κ2) is 9.18. The molecule has 0 amide bonds. The Morgan fingerprint density at radius 1 is 0.839 bits per heavy atom. The van der Waals surface area contributed by atoms with Crippen LogP contribution in [0.3, 0.4) is 0 Å². The minimum Gasteiger partial charge on any atom is -0.493 e. The molecule has 4 rings (SSSR count). The molecule has 2 aromatic carbocycles. The molecule has 0 bridgehead atoms. The molecule has 0 radical (unpaired) electrons. The van der Waals surface area contributed by atoms with Gasteiger partial charge in [-0.05, 0) is 61.4 Å². The number of thioether (sulfide) groups is 1. The second-order valence-electron chi connectivity index (χ2n) is 6.93. The molecular weight excluding hydrogens is 412 g/mol. The minimum absolute atomic E-state index is 0.516. The van der Waals surface area contributed by atoms with Crippen LogP contribution in [0, 0.1) is 13.8 Å². The Morgan fingerprint density at radius 2 is 1.65 bits per heavy atom. The van der Waals surface area contributed by atoms with Gasteiger partial charge in [-0.25, -0.2) is 0 Å². The molecule has 0 aliphatic rings. The first-order valence-electron chi connectivity index (χ1n) is 9.66. The molecule has 0 aliphatic carbocycles. The molecule has 31 heavy (non-hydrogen) atoms. The van der Waals surface area contributed by atoms with E-state index in [4.69, 9.17) is 14.0 Å². The maximum atomic E-state index is 5.40. The molecule has 0 spiro atoms. The highest BCUT2D eigenvalue weighted by atomic mass is 32.2. The monoisotopic (exact) mass is 434 g/mol. The summed E-state index contributed by atoms with van der Waals surface area (Å²) in [6.07, 6.45) is 0. The summed E-state index contributed by atoms with van der Waals surface area (Å²) in [4.78, 5) is 4.49. The van der Waals surface area contributed by atoms with E-state index in [0.717, 1.165) is 21.8 Å². The van der Waals surface area contributed by atoms with Gasteiger partial charge in [0.05, 0.1) is 25.7 Å². The van der Waals surface area contributed by atoms with Gasteiger partial charge in [-0.2, -0.15) is 4.98 Å². The fraction of sp³-hybridized carbons (Fsp3) is 0.217. The predicted octanol–water partition coefficient (Wildman–Crippen LogP) is 5.12. The van der Waals surface area contributed by atoms with Crippen molar-refractivity contribution in [2.45, 2.75) is 24.6 Å². The fourth-order valence-corrected chi connectivity index (χ4v) is 3.64. The van der Waals surface area contributed by atoms with Gasteiger partial charge < -0.3 is 14.0 Å². The van der Waals surface area contributed by atoms with Gasteiger partial charge in [-0.3, -0.25) is 0 Å². The van der Waals surface area contributed by atoms with Crippen molar-refractivity contribution >= 4 is 11.8 Å². The van der Waals surface area contributed by atoms with E-state index in [1.165, 1.54) is 22.9 Å². The normalized spacial score (nSPS) is 10.8. The number of hydrogen-bond donors (Lipinski definition) is 0. The molecule has 0 fully saturated rings. The number of aromatic nitrogens is 4. The molecule has 7 nitrogen and oxygen atoms in total. The maximum absolute atomic E-state index is 5.40. The quantitative estimate of drug-likeness (QED) is 0.371. The first-order valence-corrected chi connectivity index (χ1v) is 10.6. The molecule has 4 aromatic rings. The van der Waals surface area contributed by atoms with Crippen LogP contribution in [0.25, 0.3) is 22.6 Å². The zero-order chi connectivity index (χ0) is 21.8. The third kappa shape index (κ3) is 4.69. The van der Waals surface area contributed by atoms with E-state index in [1.54, 1.807) is 14.2 Å². The summed E-state index contributed by atoms with van der Waals surface area (Å²) in [6, 6.07) is 15.6. The fourth-order valence-electron chi connectivity index (χ4n) is 2.99. The van der Waals surface area contributed by atoms with E-state index in [2.05, 4.69) is 46.3 Å². The summed E-state index contributed by atoms with van der Waals surface area (Å²) in [7, 11) is 3.22. The highest BCUT2D eigenvalue weighted by Gasteiger charge is 2.11. The van der Waals surface area contributed by atoms with Gasteiger partial charge in [-0.1, -0.05) is 29.1 Å². The Balaban J connectivity index is 1.42. The van der Waals surface area contributed by atoms with Gasteiger partial charge in [0.15, 0.2) is 11.5 Å². The lowest BCUT2D eigenvalue weighted by Gasteiger charge is -2.09.